The maximum absolute atomic E-state index is 11.8. The molecule has 0 aliphatic rings. The predicted octanol–water partition coefficient (Wildman–Crippen LogP) is 1.14. The number of sulfonamides is 1. The minimum absolute atomic E-state index is 0.0661. The minimum Gasteiger partial charge on any atom is -0.497 e. The molecule has 2 N–H and O–H groups in total. The standard InChI is InChI=1S/C14H22N2O4S/c1-4-11(2)16-21(18,19)10-9-15-14(17)12-5-7-13(20-3)8-6-12/h5-8,11,16H,4,9-10H2,1-3H3,(H,15,17)/t11-/m0/s1. The van der Waals surface area contributed by atoms with Crippen LogP contribution in [0.3, 0.4) is 0 Å². The van der Waals surface area contributed by atoms with E-state index in [4.69, 9.17) is 4.74 Å². The summed E-state index contributed by atoms with van der Waals surface area (Å²) < 4.78 is 31.0. The Morgan fingerprint density at radius 2 is 1.90 bits per heavy atom. The molecule has 0 bridgehead atoms. The van der Waals surface area contributed by atoms with Crippen molar-refractivity contribution >= 4 is 15.9 Å². The first kappa shape index (κ1) is 17.5. The van der Waals surface area contributed by atoms with Crippen LogP contribution in [0.4, 0.5) is 0 Å². The lowest BCUT2D eigenvalue weighted by Crippen LogP contribution is -2.38. The van der Waals surface area contributed by atoms with Crippen molar-refractivity contribution in [2.75, 3.05) is 19.4 Å². The van der Waals surface area contributed by atoms with Gasteiger partial charge in [0, 0.05) is 18.2 Å². The molecule has 1 rings (SSSR count). The second kappa shape index (κ2) is 7.99. The lowest BCUT2D eigenvalue weighted by Gasteiger charge is -2.12. The third-order valence-electron chi connectivity index (χ3n) is 3.00. The molecule has 1 atom stereocenters. The van der Waals surface area contributed by atoms with Gasteiger partial charge in [-0.3, -0.25) is 4.79 Å². The molecule has 21 heavy (non-hydrogen) atoms. The predicted molar refractivity (Wildman–Crippen MR) is 82.0 cm³/mol. The zero-order valence-electron chi connectivity index (χ0n) is 12.5. The summed E-state index contributed by atoms with van der Waals surface area (Å²) in [4.78, 5) is 11.8. The maximum Gasteiger partial charge on any atom is 0.251 e. The molecule has 0 aliphatic carbocycles. The van der Waals surface area contributed by atoms with Crippen LogP contribution in [0.25, 0.3) is 0 Å². The van der Waals surface area contributed by atoms with E-state index < -0.39 is 10.0 Å². The normalized spacial score (nSPS) is 12.7. The summed E-state index contributed by atoms with van der Waals surface area (Å²) in [6.45, 7) is 3.77. The summed E-state index contributed by atoms with van der Waals surface area (Å²) in [5.41, 5.74) is 0.461. The summed E-state index contributed by atoms with van der Waals surface area (Å²) >= 11 is 0. The third-order valence-corrected chi connectivity index (χ3v) is 4.50. The lowest BCUT2D eigenvalue weighted by molar-refractivity contribution is 0.0956. The molecule has 0 fully saturated rings. The number of amides is 1. The van der Waals surface area contributed by atoms with Crippen LogP contribution < -0.4 is 14.8 Å². The average molecular weight is 314 g/mol. The smallest absolute Gasteiger partial charge is 0.251 e. The van der Waals surface area contributed by atoms with Crippen molar-refractivity contribution in [2.24, 2.45) is 0 Å². The summed E-state index contributed by atoms with van der Waals surface area (Å²) in [6.07, 6.45) is 0.720. The Labute approximate surface area is 125 Å². The molecule has 6 nitrogen and oxygen atoms in total. The SMILES string of the molecule is CC[C@H](C)NS(=O)(=O)CCNC(=O)c1ccc(OC)cc1. The Balaban J connectivity index is 2.46. The number of benzene rings is 1. The minimum atomic E-state index is -3.37. The maximum atomic E-state index is 11.8. The van der Waals surface area contributed by atoms with Crippen LogP contribution in [0, 0.1) is 0 Å². The molecule has 0 aliphatic heterocycles. The van der Waals surface area contributed by atoms with Gasteiger partial charge in [-0.1, -0.05) is 6.92 Å². The van der Waals surface area contributed by atoms with Crippen molar-refractivity contribution in [3.63, 3.8) is 0 Å². The highest BCUT2D eigenvalue weighted by atomic mass is 32.2. The molecule has 0 radical (unpaired) electrons. The van der Waals surface area contributed by atoms with E-state index >= 15 is 0 Å². The van der Waals surface area contributed by atoms with E-state index in [1.807, 2.05) is 6.92 Å². The van der Waals surface area contributed by atoms with Gasteiger partial charge in [0.25, 0.3) is 5.91 Å². The van der Waals surface area contributed by atoms with Crippen LogP contribution in [-0.4, -0.2) is 39.8 Å². The summed E-state index contributed by atoms with van der Waals surface area (Å²) in [6, 6.07) is 6.50. The number of nitrogens with one attached hydrogen (secondary N) is 2. The molecular formula is C14H22N2O4S. The van der Waals surface area contributed by atoms with Gasteiger partial charge in [-0.25, -0.2) is 13.1 Å². The summed E-state index contributed by atoms with van der Waals surface area (Å²) in [5.74, 6) is 0.211. The Kier molecular flexibility index (Phi) is 6.64. The molecule has 0 heterocycles. The van der Waals surface area contributed by atoms with E-state index in [2.05, 4.69) is 10.0 Å². The van der Waals surface area contributed by atoms with Crippen molar-refractivity contribution in [1.82, 2.24) is 10.0 Å². The molecular weight excluding hydrogens is 292 g/mol. The molecule has 0 unspecified atom stereocenters. The van der Waals surface area contributed by atoms with Gasteiger partial charge in [0.05, 0.1) is 12.9 Å². The van der Waals surface area contributed by atoms with Gasteiger partial charge in [0.1, 0.15) is 5.75 Å². The number of methoxy groups -OCH3 is 1. The number of hydrogen-bond acceptors (Lipinski definition) is 4. The van der Waals surface area contributed by atoms with Crippen molar-refractivity contribution < 1.29 is 17.9 Å². The van der Waals surface area contributed by atoms with Crippen LogP contribution >= 0.6 is 0 Å². The summed E-state index contributed by atoms with van der Waals surface area (Å²) in [5, 5.41) is 2.58. The Bertz CT molecular complexity index is 555. The highest BCUT2D eigenvalue weighted by Gasteiger charge is 2.14. The van der Waals surface area contributed by atoms with E-state index in [1.165, 1.54) is 0 Å². The fourth-order valence-electron chi connectivity index (χ4n) is 1.59. The number of ether oxygens (including phenoxy) is 1. The molecule has 0 aromatic heterocycles. The number of carbonyl (C=O) groups is 1. The van der Waals surface area contributed by atoms with Gasteiger partial charge >= 0.3 is 0 Å². The van der Waals surface area contributed by atoms with Crippen LogP contribution in [0.2, 0.25) is 0 Å². The van der Waals surface area contributed by atoms with Crippen molar-refractivity contribution in [1.29, 1.82) is 0 Å². The molecule has 0 saturated heterocycles. The van der Waals surface area contributed by atoms with E-state index in [1.54, 1.807) is 38.3 Å². The first-order chi connectivity index (χ1) is 9.88. The first-order valence-electron chi connectivity index (χ1n) is 6.80. The highest BCUT2D eigenvalue weighted by Crippen LogP contribution is 2.10. The number of carbonyl (C=O) groups excluding carboxylic acids is 1. The van der Waals surface area contributed by atoms with E-state index in [0.29, 0.717) is 11.3 Å². The Hall–Kier alpha value is -1.60. The van der Waals surface area contributed by atoms with Crippen molar-refractivity contribution in [3.05, 3.63) is 29.8 Å². The fraction of sp³-hybridized carbons (Fsp3) is 0.500. The van der Waals surface area contributed by atoms with Crippen molar-refractivity contribution in [2.45, 2.75) is 26.3 Å². The molecule has 118 valence electrons. The summed E-state index contributed by atoms with van der Waals surface area (Å²) in [7, 11) is -1.82. The third kappa shape index (κ3) is 6.14. The van der Waals surface area contributed by atoms with E-state index in [0.717, 1.165) is 6.42 Å². The van der Waals surface area contributed by atoms with Crippen LogP contribution in [0.1, 0.15) is 30.6 Å². The first-order valence-corrected chi connectivity index (χ1v) is 8.45. The van der Waals surface area contributed by atoms with E-state index in [9.17, 15) is 13.2 Å². The Morgan fingerprint density at radius 1 is 1.29 bits per heavy atom. The zero-order chi connectivity index (χ0) is 15.9. The molecule has 0 spiro atoms. The largest absolute Gasteiger partial charge is 0.497 e. The number of rotatable bonds is 8. The van der Waals surface area contributed by atoms with Gasteiger partial charge in [-0.15, -0.1) is 0 Å². The topological polar surface area (TPSA) is 84.5 Å². The monoisotopic (exact) mass is 314 g/mol. The fourth-order valence-corrected chi connectivity index (χ4v) is 2.86. The van der Waals surface area contributed by atoms with Gasteiger partial charge in [0.2, 0.25) is 10.0 Å². The van der Waals surface area contributed by atoms with Crippen molar-refractivity contribution in [3.8, 4) is 5.75 Å². The van der Waals surface area contributed by atoms with Gasteiger partial charge < -0.3 is 10.1 Å². The Morgan fingerprint density at radius 3 is 2.43 bits per heavy atom. The van der Waals surface area contributed by atoms with Gasteiger partial charge in [0.15, 0.2) is 0 Å². The zero-order valence-corrected chi connectivity index (χ0v) is 13.4. The van der Waals surface area contributed by atoms with Crippen LogP contribution in [0.15, 0.2) is 24.3 Å². The van der Waals surface area contributed by atoms with E-state index in [-0.39, 0.29) is 24.2 Å². The molecule has 7 heteroatoms. The molecule has 0 saturated carbocycles. The number of hydrogen-bond donors (Lipinski definition) is 2. The lowest BCUT2D eigenvalue weighted by atomic mass is 10.2. The molecule has 1 amide bonds. The molecule has 1 aromatic carbocycles. The average Bonchev–Trinajstić information content (AvgIpc) is 2.46. The van der Waals surface area contributed by atoms with Gasteiger partial charge in [-0.2, -0.15) is 0 Å². The second-order valence-electron chi connectivity index (χ2n) is 4.73. The van der Waals surface area contributed by atoms with Crippen LogP contribution in [-0.2, 0) is 10.0 Å². The van der Waals surface area contributed by atoms with Gasteiger partial charge in [-0.05, 0) is 37.6 Å². The quantitative estimate of drug-likeness (QED) is 0.753. The molecule has 1 aromatic rings. The second-order valence-corrected chi connectivity index (χ2v) is 6.60. The highest BCUT2D eigenvalue weighted by molar-refractivity contribution is 7.89. The van der Waals surface area contributed by atoms with Crippen LogP contribution in [0.5, 0.6) is 5.75 Å².